The first-order valence-corrected chi connectivity index (χ1v) is 3.78. The van der Waals surface area contributed by atoms with Crippen LogP contribution in [-0.4, -0.2) is 7.11 Å². The summed E-state index contributed by atoms with van der Waals surface area (Å²) >= 11 is 5.86. The lowest BCUT2D eigenvalue weighted by molar-refractivity contribution is 0.415. The maximum atomic E-state index is 5.86. The highest BCUT2D eigenvalue weighted by Crippen LogP contribution is 2.25. The van der Waals surface area contributed by atoms with Gasteiger partial charge in [-0.2, -0.15) is 0 Å². The summed E-state index contributed by atoms with van der Waals surface area (Å²) in [5.74, 6) is 0.720. The lowest BCUT2D eigenvalue weighted by Crippen LogP contribution is -1.85. The van der Waals surface area contributed by atoms with Gasteiger partial charge >= 0.3 is 0 Å². The van der Waals surface area contributed by atoms with Gasteiger partial charge in [0.15, 0.2) is 0 Å². The van der Waals surface area contributed by atoms with E-state index in [4.69, 9.17) is 16.3 Å². The zero-order valence-corrected chi connectivity index (χ0v) is 7.35. The predicted molar refractivity (Wildman–Crippen MR) is 47.1 cm³/mol. The van der Waals surface area contributed by atoms with Gasteiger partial charge in [-0.3, -0.25) is 0 Å². The molecule has 0 saturated heterocycles. The van der Waals surface area contributed by atoms with Gasteiger partial charge in [0.1, 0.15) is 5.75 Å². The molecule has 0 N–H and O–H groups in total. The number of hydrogen-bond donors (Lipinski definition) is 0. The van der Waals surface area contributed by atoms with Crippen molar-refractivity contribution in [3.8, 4) is 5.75 Å². The molecule has 0 atom stereocenters. The Morgan fingerprint density at radius 1 is 1.45 bits per heavy atom. The molecule has 0 saturated carbocycles. The highest BCUT2D eigenvalue weighted by atomic mass is 35.5. The van der Waals surface area contributed by atoms with Gasteiger partial charge < -0.3 is 4.74 Å². The molecule has 0 aromatic heterocycles. The Bertz CT molecular complexity index is 245. The van der Waals surface area contributed by atoms with E-state index >= 15 is 0 Å². The summed E-state index contributed by atoms with van der Waals surface area (Å²) in [6.45, 7) is 1.97. The van der Waals surface area contributed by atoms with Crippen LogP contribution in [0, 0.1) is 6.42 Å². The second-order valence-corrected chi connectivity index (χ2v) is 2.59. The van der Waals surface area contributed by atoms with Crippen LogP contribution in [0.15, 0.2) is 18.2 Å². The molecule has 11 heavy (non-hydrogen) atoms. The number of benzene rings is 1. The third kappa shape index (κ3) is 1.87. The van der Waals surface area contributed by atoms with Crippen LogP contribution < -0.4 is 4.74 Å². The molecule has 1 rings (SSSR count). The molecule has 0 aliphatic carbocycles. The third-order valence-corrected chi connectivity index (χ3v) is 1.80. The van der Waals surface area contributed by atoms with E-state index in [9.17, 15) is 0 Å². The van der Waals surface area contributed by atoms with Crippen molar-refractivity contribution in [3.05, 3.63) is 35.2 Å². The van der Waals surface area contributed by atoms with Gasteiger partial charge in [0.05, 0.1) is 12.1 Å². The SMILES string of the molecule is C[CH]c1ccc(OC)c(Cl)c1. The molecule has 0 fully saturated rings. The molecule has 2 heteroatoms. The number of ether oxygens (including phenoxy) is 1. The molecule has 0 amide bonds. The van der Waals surface area contributed by atoms with Crippen molar-refractivity contribution >= 4 is 11.6 Å². The van der Waals surface area contributed by atoms with E-state index in [-0.39, 0.29) is 0 Å². The normalized spacial score (nSPS) is 9.73. The first-order valence-electron chi connectivity index (χ1n) is 3.41. The van der Waals surface area contributed by atoms with E-state index in [2.05, 4.69) is 0 Å². The smallest absolute Gasteiger partial charge is 0.137 e. The Kier molecular flexibility index (Phi) is 2.77. The Labute approximate surface area is 71.9 Å². The van der Waals surface area contributed by atoms with Crippen LogP contribution in [0.5, 0.6) is 5.75 Å². The van der Waals surface area contributed by atoms with Crippen molar-refractivity contribution in [2.45, 2.75) is 6.92 Å². The highest BCUT2D eigenvalue weighted by molar-refractivity contribution is 6.32. The van der Waals surface area contributed by atoms with Crippen molar-refractivity contribution in [1.82, 2.24) is 0 Å². The van der Waals surface area contributed by atoms with Crippen molar-refractivity contribution in [3.63, 3.8) is 0 Å². The van der Waals surface area contributed by atoms with Gasteiger partial charge in [-0.1, -0.05) is 24.6 Å². The second kappa shape index (κ2) is 3.63. The molecule has 1 nitrogen and oxygen atoms in total. The molecule has 0 aliphatic rings. The first-order chi connectivity index (χ1) is 5.27. The Morgan fingerprint density at radius 3 is 2.64 bits per heavy atom. The topological polar surface area (TPSA) is 9.23 Å². The quantitative estimate of drug-likeness (QED) is 0.662. The summed E-state index contributed by atoms with van der Waals surface area (Å²) in [5.41, 5.74) is 1.11. The third-order valence-electron chi connectivity index (χ3n) is 1.51. The van der Waals surface area contributed by atoms with E-state index in [1.165, 1.54) is 0 Å². The minimum Gasteiger partial charge on any atom is -0.495 e. The van der Waals surface area contributed by atoms with Crippen LogP contribution in [0.1, 0.15) is 12.5 Å². The standard InChI is InChI=1S/C9H10ClO/c1-3-7-4-5-9(11-2)8(10)6-7/h3-6H,1-2H3. The van der Waals surface area contributed by atoms with Gasteiger partial charge in [-0.05, 0) is 24.1 Å². The van der Waals surface area contributed by atoms with Gasteiger partial charge in [0, 0.05) is 0 Å². The fourth-order valence-corrected chi connectivity index (χ4v) is 1.13. The van der Waals surface area contributed by atoms with Crippen LogP contribution in [-0.2, 0) is 0 Å². The van der Waals surface area contributed by atoms with E-state index in [0.29, 0.717) is 5.02 Å². The van der Waals surface area contributed by atoms with Crippen LogP contribution in [0.2, 0.25) is 5.02 Å². The summed E-state index contributed by atoms with van der Waals surface area (Å²) in [5, 5.41) is 0.656. The molecule has 1 aromatic rings. The van der Waals surface area contributed by atoms with E-state index in [0.717, 1.165) is 11.3 Å². The fraction of sp³-hybridized carbons (Fsp3) is 0.222. The van der Waals surface area contributed by atoms with Crippen molar-refractivity contribution in [1.29, 1.82) is 0 Å². The minimum absolute atomic E-state index is 0.656. The van der Waals surface area contributed by atoms with Gasteiger partial charge in [0.25, 0.3) is 0 Å². The van der Waals surface area contributed by atoms with E-state index in [1.807, 2.05) is 31.5 Å². The molecule has 0 heterocycles. The molecule has 0 spiro atoms. The molecule has 1 radical (unpaired) electrons. The molecule has 59 valence electrons. The molecule has 0 unspecified atom stereocenters. The van der Waals surface area contributed by atoms with Crippen molar-refractivity contribution < 1.29 is 4.74 Å². The fourth-order valence-electron chi connectivity index (χ4n) is 0.862. The van der Waals surface area contributed by atoms with Crippen LogP contribution >= 0.6 is 11.6 Å². The minimum atomic E-state index is 0.656. The number of rotatable bonds is 2. The Balaban J connectivity index is 2.99. The van der Waals surface area contributed by atoms with Gasteiger partial charge in [-0.25, -0.2) is 0 Å². The van der Waals surface area contributed by atoms with Gasteiger partial charge in [0.2, 0.25) is 0 Å². The monoisotopic (exact) mass is 169 g/mol. The summed E-state index contributed by atoms with van der Waals surface area (Å²) in [6, 6.07) is 5.70. The van der Waals surface area contributed by atoms with E-state index < -0.39 is 0 Å². The zero-order chi connectivity index (χ0) is 8.27. The maximum absolute atomic E-state index is 5.86. The Hall–Kier alpha value is -0.690. The van der Waals surface area contributed by atoms with Crippen LogP contribution in [0.4, 0.5) is 0 Å². The average Bonchev–Trinajstić information content (AvgIpc) is 2.04. The van der Waals surface area contributed by atoms with Crippen molar-refractivity contribution in [2.24, 2.45) is 0 Å². The largest absolute Gasteiger partial charge is 0.495 e. The number of hydrogen-bond acceptors (Lipinski definition) is 1. The molecule has 1 aromatic carbocycles. The number of methoxy groups -OCH3 is 1. The highest BCUT2D eigenvalue weighted by Gasteiger charge is 1.99. The summed E-state index contributed by atoms with van der Waals surface area (Å²) in [4.78, 5) is 0. The maximum Gasteiger partial charge on any atom is 0.137 e. The first kappa shape index (κ1) is 8.41. The van der Waals surface area contributed by atoms with Crippen LogP contribution in [0.25, 0.3) is 0 Å². The molecule has 0 aliphatic heterocycles. The second-order valence-electron chi connectivity index (χ2n) is 2.18. The number of halogens is 1. The molecular formula is C9H10ClO. The van der Waals surface area contributed by atoms with Crippen molar-refractivity contribution in [2.75, 3.05) is 7.11 Å². The molecular weight excluding hydrogens is 160 g/mol. The summed E-state index contributed by atoms with van der Waals surface area (Å²) < 4.78 is 5.00. The Morgan fingerprint density at radius 2 is 2.18 bits per heavy atom. The average molecular weight is 170 g/mol. The zero-order valence-electron chi connectivity index (χ0n) is 6.60. The predicted octanol–water partition coefficient (Wildman–Crippen LogP) is 2.92. The van der Waals surface area contributed by atoms with Crippen LogP contribution in [0.3, 0.4) is 0 Å². The van der Waals surface area contributed by atoms with Gasteiger partial charge in [-0.15, -0.1) is 0 Å². The van der Waals surface area contributed by atoms with E-state index in [1.54, 1.807) is 7.11 Å². The lowest BCUT2D eigenvalue weighted by atomic mass is 10.2. The summed E-state index contributed by atoms with van der Waals surface area (Å²) in [6.07, 6.45) is 1.99. The molecule has 0 bridgehead atoms. The summed E-state index contributed by atoms with van der Waals surface area (Å²) in [7, 11) is 1.61. The lowest BCUT2D eigenvalue weighted by Gasteiger charge is -2.03.